The monoisotopic (exact) mass is 294 g/mol. The van der Waals surface area contributed by atoms with Crippen molar-refractivity contribution in [3.05, 3.63) is 35.3 Å². The van der Waals surface area contributed by atoms with Gasteiger partial charge in [-0.15, -0.1) is 0 Å². The van der Waals surface area contributed by atoms with Crippen LogP contribution in [0.1, 0.15) is 26.7 Å². The molecule has 5 heteroatoms. The molecule has 0 amide bonds. The van der Waals surface area contributed by atoms with Gasteiger partial charge in [-0.25, -0.2) is 4.98 Å². The molecule has 0 saturated heterocycles. The predicted octanol–water partition coefficient (Wildman–Crippen LogP) is 3.89. The molecule has 1 aromatic heterocycles. The Balaban J connectivity index is 2.20. The molecule has 20 heavy (non-hydrogen) atoms. The van der Waals surface area contributed by atoms with Gasteiger partial charge in [-0.1, -0.05) is 11.6 Å². The maximum absolute atomic E-state index is 5.95. The van der Waals surface area contributed by atoms with Crippen LogP contribution in [0.15, 0.2) is 28.8 Å². The van der Waals surface area contributed by atoms with Gasteiger partial charge in [0.15, 0.2) is 5.76 Å². The van der Waals surface area contributed by atoms with Gasteiger partial charge in [-0.3, -0.25) is 0 Å². The molecule has 2 aromatic rings. The summed E-state index contributed by atoms with van der Waals surface area (Å²) in [7, 11) is 1.60. The number of nitrogens with zero attached hydrogens (tertiary/aromatic N) is 1. The smallest absolute Gasteiger partial charge is 0.208 e. The van der Waals surface area contributed by atoms with Crippen LogP contribution in [-0.4, -0.2) is 17.6 Å². The first-order valence-electron chi connectivity index (χ1n) is 6.43. The topological polar surface area (TPSA) is 47.3 Å². The third-order valence-electron chi connectivity index (χ3n) is 2.75. The van der Waals surface area contributed by atoms with E-state index in [2.05, 4.69) is 31.1 Å². The second-order valence-corrected chi connectivity index (χ2v) is 6.00. The lowest BCUT2D eigenvalue weighted by atomic mass is 10.1. The van der Waals surface area contributed by atoms with E-state index in [0.717, 1.165) is 5.56 Å². The van der Waals surface area contributed by atoms with Crippen LogP contribution in [0.3, 0.4) is 0 Å². The largest absolute Gasteiger partial charge is 0.496 e. The minimum Gasteiger partial charge on any atom is -0.496 e. The number of ether oxygens (including phenoxy) is 1. The summed E-state index contributed by atoms with van der Waals surface area (Å²) in [5.41, 5.74) is 0.860. The van der Waals surface area contributed by atoms with E-state index >= 15 is 0 Å². The van der Waals surface area contributed by atoms with Crippen LogP contribution in [0.5, 0.6) is 5.75 Å². The van der Waals surface area contributed by atoms with Crippen LogP contribution >= 0.6 is 11.6 Å². The highest BCUT2D eigenvalue weighted by molar-refractivity contribution is 6.30. The number of hydrogen-bond donors (Lipinski definition) is 1. The van der Waals surface area contributed by atoms with E-state index in [-0.39, 0.29) is 5.54 Å². The average molecular weight is 295 g/mol. The standard InChI is InChI=1S/C15H19ClN2O2/c1-15(2,3)18-9-14-17-8-13(20-14)11-6-5-10(16)7-12(11)19-4/h5-8,18H,9H2,1-4H3. The zero-order valence-electron chi connectivity index (χ0n) is 12.2. The first kappa shape index (κ1) is 14.9. The highest BCUT2D eigenvalue weighted by Gasteiger charge is 2.14. The molecule has 0 unspecified atom stereocenters. The number of nitrogens with one attached hydrogen (secondary N) is 1. The minimum atomic E-state index is 0.0204. The Labute approximate surface area is 124 Å². The molecule has 0 radical (unpaired) electrons. The van der Waals surface area contributed by atoms with Crippen molar-refractivity contribution in [3.8, 4) is 17.1 Å². The lowest BCUT2D eigenvalue weighted by Gasteiger charge is -2.18. The number of rotatable bonds is 4. The third kappa shape index (κ3) is 3.74. The Morgan fingerprint density at radius 1 is 1.35 bits per heavy atom. The quantitative estimate of drug-likeness (QED) is 0.929. The number of hydrogen-bond acceptors (Lipinski definition) is 4. The van der Waals surface area contributed by atoms with E-state index in [4.69, 9.17) is 20.8 Å². The Kier molecular flexibility index (Phi) is 4.35. The van der Waals surface area contributed by atoms with Crippen LogP contribution < -0.4 is 10.1 Å². The van der Waals surface area contributed by atoms with Gasteiger partial charge in [-0.05, 0) is 39.0 Å². The van der Waals surface area contributed by atoms with Gasteiger partial charge in [0.2, 0.25) is 5.89 Å². The number of benzene rings is 1. The van der Waals surface area contributed by atoms with E-state index in [0.29, 0.717) is 29.0 Å². The van der Waals surface area contributed by atoms with Gasteiger partial charge in [0.1, 0.15) is 5.75 Å². The van der Waals surface area contributed by atoms with Crippen molar-refractivity contribution in [1.29, 1.82) is 0 Å². The molecule has 1 N–H and O–H groups in total. The number of methoxy groups -OCH3 is 1. The van der Waals surface area contributed by atoms with Crippen LogP contribution in [0.4, 0.5) is 0 Å². The van der Waals surface area contributed by atoms with Crippen molar-refractivity contribution in [3.63, 3.8) is 0 Å². The molecular formula is C15H19ClN2O2. The summed E-state index contributed by atoms with van der Waals surface area (Å²) in [4.78, 5) is 4.28. The fourth-order valence-electron chi connectivity index (χ4n) is 1.73. The molecule has 0 spiro atoms. The average Bonchev–Trinajstić information content (AvgIpc) is 2.84. The summed E-state index contributed by atoms with van der Waals surface area (Å²) in [6.45, 7) is 6.87. The summed E-state index contributed by atoms with van der Waals surface area (Å²) in [6.07, 6.45) is 1.70. The van der Waals surface area contributed by atoms with Gasteiger partial charge in [0.05, 0.1) is 25.4 Å². The van der Waals surface area contributed by atoms with Gasteiger partial charge < -0.3 is 14.5 Å². The molecule has 0 aliphatic carbocycles. The molecule has 0 aliphatic heterocycles. The molecular weight excluding hydrogens is 276 g/mol. The molecule has 1 aromatic carbocycles. The highest BCUT2D eigenvalue weighted by atomic mass is 35.5. The number of aromatic nitrogens is 1. The second-order valence-electron chi connectivity index (χ2n) is 5.57. The molecule has 0 bridgehead atoms. The molecule has 108 valence electrons. The maximum Gasteiger partial charge on any atom is 0.208 e. The summed E-state index contributed by atoms with van der Waals surface area (Å²) in [5, 5.41) is 3.96. The number of oxazole rings is 1. The van der Waals surface area contributed by atoms with Crippen molar-refractivity contribution in [2.75, 3.05) is 7.11 Å². The summed E-state index contributed by atoms with van der Waals surface area (Å²) >= 11 is 5.95. The van der Waals surface area contributed by atoms with E-state index in [9.17, 15) is 0 Å². The van der Waals surface area contributed by atoms with E-state index in [1.165, 1.54) is 0 Å². The maximum atomic E-state index is 5.95. The van der Waals surface area contributed by atoms with Crippen LogP contribution in [0.2, 0.25) is 5.02 Å². The van der Waals surface area contributed by atoms with Crippen molar-refractivity contribution >= 4 is 11.6 Å². The lowest BCUT2D eigenvalue weighted by molar-refractivity contribution is 0.382. The fourth-order valence-corrected chi connectivity index (χ4v) is 1.89. The Hall–Kier alpha value is -1.52. The first-order valence-corrected chi connectivity index (χ1v) is 6.80. The van der Waals surface area contributed by atoms with Crippen molar-refractivity contribution in [1.82, 2.24) is 10.3 Å². The number of halogens is 1. The van der Waals surface area contributed by atoms with Gasteiger partial charge in [0, 0.05) is 10.6 Å². The zero-order valence-corrected chi connectivity index (χ0v) is 12.9. The molecule has 0 fully saturated rings. The van der Waals surface area contributed by atoms with Crippen LogP contribution in [-0.2, 0) is 6.54 Å². The summed E-state index contributed by atoms with van der Waals surface area (Å²) < 4.78 is 11.1. The molecule has 2 rings (SSSR count). The highest BCUT2D eigenvalue weighted by Crippen LogP contribution is 2.32. The normalized spacial score (nSPS) is 11.7. The van der Waals surface area contributed by atoms with E-state index < -0.39 is 0 Å². The van der Waals surface area contributed by atoms with Crippen molar-refractivity contribution in [2.45, 2.75) is 32.9 Å². The summed E-state index contributed by atoms with van der Waals surface area (Å²) in [5.74, 6) is 1.99. The van der Waals surface area contributed by atoms with E-state index in [1.54, 1.807) is 25.4 Å². The third-order valence-corrected chi connectivity index (χ3v) is 2.99. The predicted molar refractivity (Wildman–Crippen MR) is 80.1 cm³/mol. The van der Waals surface area contributed by atoms with Crippen molar-refractivity contribution < 1.29 is 9.15 Å². The van der Waals surface area contributed by atoms with Gasteiger partial charge in [0.25, 0.3) is 0 Å². The van der Waals surface area contributed by atoms with Crippen LogP contribution in [0, 0.1) is 0 Å². The fraction of sp³-hybridized carbons (Fsp3) is 0.400. The second kappa shape index (κ2) is 5.85. The Bertz CT molecular complexity index is 588. The van der Waals surface area contributed by atoms with Crippen LogP contribution in [0.25, 0.3) is 11.3 Å². The SMILES string of the molecule is COc1cc(Cl)ccc1-c1cnc(CNC(C)(C)C)o1. The van der Waals surface area contributed by atoms with Crippen molar-refractivity contribution in [2.24, 2.45) is 0 Å². The molecule has 0 saturated carbocycles. The molecule has 1 heterocycles. The zero-order chi connectivity index (χ0) is 14.8. The minimum absolute atomic E-state index is 0.0204. The summed E-state index contributed by atoms with van der Waals surface area (Å²) in [6, 6.07) is 5.42. The molecule has 0 aliphatic rings. The molecule has 4 nitrogen and oxygen atoms in total. The Morgan fingerprint density at radius 3 is 2.75 bits per heavy atom. The van der Waals surface area contributed by atoms with Gasteiger partial charge >= 0.3 is 0 Å². The van der Waals surface area contributed by atoms with Gasteiger partial charge in [-0.2, -0.15) is 0 Å². The lowest BCUT2D eigenvalue weighted by Crippen LogP contribution is -2.35. The molecule has 0 atom stereocenters. The van der Waals surface area contributed by atoms with E-state index in [1.807, 2.05) is 6.07 Å². The Morgan fingerprint density at radius 2 is 2.10 bits per heavy atom. The first-order chi connectivity index (χ1) is 9.39.